The first-order chi connectivity index (χ1) is 19.1. The Morgan fingerprint density at radius 2 is 1.49 bits per heavy atom. The third-order valence-electron chi connectivity index (χ3n) is 6.82. The minimum Gasteiger partial charge on any atom is -0.402 e. The van der Waals surface area contributed by atoms with Crippen LogP contribution in [0.25, 0.3) is 0 Å². The van der Waals surface area contributed by atoms with E-state index in [-0.39, 0.29) is 30.0 Å². The van der Waals surface area contributed by atoms with Crippen molar-refractivity contribution in [2.24, 2.45) is 0 Å². The van der Waals surface area contributed by atoms with Gasteiger partial charge in [0.05, 0.1) is 25.1 Å². The Morgan fingerprint density at radius 3 is 1.90 bits per heavy atom. The monoisotopic (exact) mass is 614 g/mol. The second kappa shape index (κ2) is 15.5. The molecule has 0 saturated heterocycles. The molecule has 41 heavy (non-hydrogen) atoms. The zero-order chi connectivity index (χ0) is 30.7. The lowest BCUT2D eigenvalue weighted by Gasteiger charge is -2.46. The summed E-state index contributed by atoms with van der Waals surface area (Å²) in [7, 11) is -7.97. The molecular formula is C33H50O5SSi2. The zero-order valence-corrected chi connectivity index (χ0v) is 29.1. The van der Waals surface area contributed by atoms with E-state index in [9.17, 15) is 8.42 Å². The van der Waals surface area contributed by atoms with Crippen molar-refractivity contribution in [3.8, 4) is 11.5 Å². The van der Waals surface area contributed by atoms with Crippen molar-refractivity contribution < 1.29 is 21.8 Å². The molecule has 0 aliphatic carbocycles. The molecule has 0 fully saturated rings. The maximum Gasteiger partial charge on any atom is 0.264 e. The fraction of sp³-hybridized carbons (Fsp3) is 0.515. The molecule has 8 heteroatoms. The van der Waals surface area contributed by atoms with Gasteiger partial charge in [0.1, 0.15) is 14.2 Å². The summed E-state index contributed by atoms with van der Waals surface area (Å²) in [5, 5.41) is 2.26. The van der Waals surface area contributed by atoms with E-state index in [4.69, 9.17) is 13.3 Å². The summed E-state index contributed by atoms with van der Waals surface area (Å²) in [5.74, 6) is 3.39. The molecule has 0 saturated carbocycles. The predicted octanol–water partition coefficient (Wildman–Crippen LogP) is 6.31. The van der Waals surface area contributed by atoms with Crippen LogP contribution in [-0.4, -0.2) is 56.0 Å². The van der Waals surface area contributed by atoms with Crippen LogP contribution < -0.4 is 10.4 Å². The molecule has 2 rings (SSSR count). The van der Waals surface area contributed by atoms with Crippen LogP contribution in [-0.2, 0) is 23.5 Å². The Bertz CT molecular complexity index is 1200. The van der Waals surface area contributed by atoms with E-state index in [1.807, 2.05) is 18.2 Å². The fourth-order valence-electron chi connectivity index (χ4n) is 4.97. The summed E-state index contributed by atoms with van der Waals surface area (Å²) in [6.07, 6.45) is 4.62. The molecule has 0 heterocycles. The lowest BCUT2D eigenvalue weighted by atomic mass is 10.1. The summed E-state index contributed by atoms with van der Waals surface area (Å²) in [6, 6.07) is 21.2. The maximum absolute atomic E-state index is 11.5. The summed E-state index contributed by atoms with van der Waals surface area (Å²) >= 11 is 0. The Morgan fingerprint density at radius 1 is 0.951 bits per heavy atom. The Kier molecular flexibility index (Phi) is 13.3. The molecule has 0 bridgehead atoms. The minimum atomic E-state index is -3.49. The smallest absolute Gasteiger partial charge is 0.264 e. The summed E-state index contributed by atoms with van der Waals surface area (Å²) in [6.45, 7) is 19.7. The topological polar surface area (TPSA) is 61.8 Å². The van der Waals surface area contributed by atoms with E-state index in [0.29, 0.717) is 19.3 Å². The molecule has 0 aliphatic rings. The molecule has 0 radical (unpaired) electrons. The average molecular weight is 615 g/mol. The SMILES string of the molecule is C=CC[C@@H](O[Si](c1ccccc1)(c1ccccc1)C(C)(C)C)[C@@H](CC)OC(C#C[Si](C)(C)C)CCCOS(C)(=O)=O. The largest absolute Gasteiger partial charge is 0.402 e. The molecule has 0 N–H and O–H groups in total. The van der Waals surface area contributed by atoms with Gasteiger partial charge in [-0.3, -0.25) is 4.18 Å². The molecule has 0 amide bonds. The van der Waals surface area contributed by atoms with Gasteiger partial charge in [0.2, 0.25) is 0 Å². The molecule has 3 atom stereocenters. The molecule has 0 aliphatic heterocycles. The van der Waals surface area contributed by atoms with E-state index in [1.54, 1.807) is 0 Å². The van der Waals surface area contributed by atoms with Crippen molar-refractivity contribution in [3.05, 3.63) is 73.3 Å². The lowest BCUT2D eigenvalue weighted by Crippen LogP contribution is -2.68. The van der Waals surface area contributed by atoms with Gasteiger partial charge in [-0.25, -0.2) is 0 Å². The quantitative estimate of drug-likeness (QED) is 0.0774. The van der Waals surface area contributed by atoms with E-state index in [1.165, 1.54) is 10.4 Å². The summed E-state index contributed by atoms with van der Waals surface area (Å²) < 4.78 is 42.2. The number of rotatable bonds is 15. The maximum atomic E-state index is 11.5. The number of hydrogen-bond donors (Lipinski definition) is 0. The number of ether oxygens (including phenoxy) is 1. The first-order valence-electron chi connectivity index (χ1n) is 14.5. The minimum absolute atomic E-state index is 0.110. The van der Waals surface area contributed by atoms with Gasteiger partial charge in [-0.05, 0) is 41.1 Å². The fourth-order valence-corrected chi connectivity index (χ4v) is 10.7. The second-order valence-electron chi connectivity index (χ2n) is 12.6. The van der Waals surface area contributed by atoms with Gasteiger partial charge < -0.3 is 9.16 Å². The molecule has 0 aromatic heterocycles. The van der Waals surface area contributed by atoms with Gasteiger partial charge in [-0.15, -0.1) is 12.1 Å². The van der Waals surface area contributed by atoms with Gasteiger partial charge in [0, 0.05) is 0 Å². The van der Waals surface area contributed by atoms with Gasteiger partial charge in [0.15, 0.2) is 0 Å². The molecular weight excluding hydrogens is 565 g/mol. The van der Waals surface area contributed by atoms with Gasteiger partial charge in [-0.1, -0.05) is 120 Å². The van der Waals surface area contributed by atoms with Crippen LogP contribution in [0, 0.1) is 11.5 Å². The highest BCUT2D eigenvalue weighted by molar-refractivity contribution is 7.85. The highest BCUT2D eigenvalue weighted by Gasteiger charge is 2.52. The molecule has 226 valence electrons. The van der Waals surface area contributed by atoms with Crippen molar-refractivity contribution >= 4 is 36.9 Å². The predicted molar refractivity (Wildman–Crippen MR) is 177 cm³/mol. The van der Waals surface area contributed by atoms with Gasteiger partial charge in [0.25, 0.3) is 18.4 Å². The van der Waals surface area contributed by atoms with Crippen LogP contribution in [0.2, 0.25) is 24.7 Å². The van der Waals surface area contributed by atoms with Crippen LogP contribution in [0.1, 0.15) is 53.4 Å². The Balaban J connectivity index is 2.52. The molecule has 0 spiro atoms. The number of hydrogen-bond acceptors (Lipinski definition) is 5. The summed E-state index contributed by atoms with van der Waals surface area (Å²) in [4.78, 5) is 0. The van der Waals surface area contributed by atoms with Crippen LogP contribution >= 0.6 is 0 Å². The lowest BCUT2D eigenvalue weighted by molar-refractivity contribution is -0.0551. The van der Waals surface area contributed by atoms with Gasteiger partial charge >= 0.3 is 0 Å². The third-order valence-corrected chi connectivity index (χ3v) is 13.4. The van der Waals surface area contributed by atoms with Crippen LogP contribution in [0.3, 0.4) is 0 Å². The van der Waals surface area contributed by atoms with Crippen molar-refractivity contribution in [2.75, 3.05) is 12.9 Å². The average Bonchev–Trinajstić information content (AvgIpc) is 2.89. The Labute approximate surface area is 252 Å². The van der Waals surface area contributed by atoms with Crippen molar-refractivity contribution in [1.29, 1.82) is 0 Å². The molecule has 2 aromatic rings. The van der Waals surface area contributed by atoms with Crippen LogP contribution in [0.4, 0.5) is 0 Å². The summed E-state index contributed by atoms with van der Waals surface area (Å²) in [5.41, 5.74) is 3.46. The van der Waals surface area contributed by atoms with E-state index < -0.39 is 26.5 Å². The molecule has 5 nitrogen and oxygen atoms in total. The first kappa shape index (κ1) is 35.2. The Hall–Kier alpha value is -2.00. The second-order valence-corrected chi connectivity index (χ2v) is 23.2. The van der Waals surface area contributed by atoms with Crippen LogP contribution in [0.15, 0.2) is 73.3 Å². The standard InChI is InChI=1S/C33H50O5SSi2/c1-10-19-32(31(11-2)37-28(25-27-40(7,8)9)20-18-26-36-39(6,34)35)38-41(33(3,4)5,29-21-14-12-15-22-29)30-23-16-13-17-24-30/h10,12-17,21-24,28,31-32H,1,11,18-20,26H2,2-9H3/t28?,31-,32-/m1/s1. The van der Waals surface area contributed by atoms with Crippen molar-refractivity contribution in [3.63, 3.8) is 0 Å². The number of benzene rings is 2. The highest BCUT2D eigenvalue weighted by Crippen LogP contribution is 2.38. The normalized spacial score (nSPS) is 14.9. The van der Waals surface area contributed by atoms with Crippen molar-refractivity contribution in [1.82, 2.24) is 0 Å². The first-order valence-corrected chi connectivity index (χ1v) is 21.8. The molecule has 1 unspecified atom stereocenters. The van der Waals surface area contributed by atoms with Crippen LogP contribution in [0.5, 0.6) is 0 Å². The van der Waals surface area contributed by atoms with E-state index in [0.717, 1.165) is 12.7 Å². The molecule has 2 aromatic carbocycles. The van der Waals surface area contributed by atoms with Gasteiger partial charge in [-0.2, -0.15) is 8.42 Å². The zero-order valence-electron chi connectivity index (χ0n) is 26.3. The third kappa shape index (κ3) is 11.0. The van der Waals surface area contributed by atoms with E-state index in [2.05, 4.69) is 114 Å². The highest BCUT2D eigenvalue weighted by atomic mass is 32.2. The van der Waals surface area contributed by atoms with Crippen molar-refractivity contribution in [2.45, 2.75) is 96.4 Å². The van der Waals surface area contributed by atoms with E-state index >= 15 is 0 Å².